The summed E-state index contributed by atoms with van der Waals surface area (Å²) < 4.78 is 25.0. The molecule has 0 bridgehead atoms. The number of hydrogen-bond donors (Lipinski definition) is 1. The number of nitrogens with zero attached hydrogens (tertiary/aromatic N) is 2. The Labute approximate surface area is 132 Å². The largest absolute Gasteiger partial charge is 0.312 e. The van der Waals surface area contributed by atoms with Gasteiger partial charge in [0.05, 0.1) is 6.26 Å². The average Bonchev–Trinajstić information content (AvgIpc) is 2.48. The zero-order valence-corrected chi connectivity index (χ0v) is 13.9. The number of carbonyl (C=O) groups excluding carboxylic acids is 1. The molecule has 22 heavy (non-hydrogen) atoms. The van der Waals surface area contributed by atoms with Gasteiger partial charge in [-0.05, 0) is 18.1 Å². The first-order valence-corrected chi connectivity index (χ1v) is 9.26. The summed E-state index contributed by atoms with van der Waals surface area (Å²) >= 11 is 0. The predicted octanol–water partition coefficient (Wildman–Crippen LogP) is 0.794. The molecule has 2 rings (SSSR count). The van der Waals surface area contributed by atoms with Crippen LogP contribution in [-0.2, 0) is 21.4 Å². The van der Waals surface area contributed by atoms with E-state index in [0.29, 0.717) is 39.1 Å². The number of para-hydroxylation sites is 1. The fraction of sp³-hybridized carbons (Fsp3) is 0.533. The number of sulfonamides is 1. The fourth-order valence-electron chi connectivity index (χ4n) is 2.65. The third-order valence-corrected chi connectivity index (χ3v) is 5.08. The van der Waals surface area contributed by atoms with Crippen molar-refractivity contribution in [3.8, 4) is 0 Å². The van der Waals surface area contributed by atoms with Crippen molar-refractivity contribution >= 4 is 21.6 Å². The van der Waals surface area contributed by atoms with Gasteiger partial charge < -0.3 is 10.2 Å². The Balaban J connectivity index is 2.25. The first-order valence-electron chi connectivity index (χ1n) is 7.41. The van der Waals surface area contributed by atoms with Crippen molar-refractivity contribution in [2.45, 2.75) is 19.9 Å². The molecule has 0 saturated carbocycles. The Morgan fingerprint density at radius 2 is 1.91 bits per heavy atom. The fourth-order valence-corrected chi connectivity index (χ4v) is 3.53. The third-order valence-electron chi connectivity index (χ3n) is 3.77. The van der Waals surface area contributed by atoms with Crippen LogP contribution in [0.1, 0.15) is 18.9 Å². The molecule has 0 fully saturated rings. The van der Waals surface area contributed by atoms with Gasteiger partial charge in [0, 0.05) is 45.3 Å². The van der Waals surface area contributed by atoms with E-state index in [1.54, 1.807) is 4.90 Å². The van der Waals surface area contributed by atoms with Gasteiger partial charge in [-0.25, -0.2) is 12.7 Å². The molecule has 7 heteroatoms. The maximum Gasteiger partial charge on any atom is 0.223 e. The summed E-state index contributed by atoms with van der Waals surface area (Å²) in [6.45, 7) is 4.11. The van der Waals surface area contributed by atoms with Crippen LogP contribution in [0.3, 0.4) is 0 Å². The van der Waals surface area contributed by atoms with Crippen LogP contribution in [0.25, 0.3) is 0 Å². The molecule has 6 nitrogen and oxygen atoms in total. The molecule has 0 radical (unpaired) electrons. The van der Waals surface area contributed by atoms with Crippen LogP contribution in [0.15, 0.2) is 24.3 Å². The van der Waals surface area contributed by atoms with Gasteiger partial charge in [0.2, 0.25) is 15.9 Å². The minimum absolute atomic E-state index is 0.0300. The highest BCUT2D eigenvalue weighted by molar-refractivity contribution is 7.88. The molecule has 1 N–H and O–H groups in total. The Kier molecular flexibility index (Phi) is 5.55. The average molecular weight is 325 g/mol. The van der Waals surface area contributed by atoms with Gasteiger partial charge in [0.25, 0.3) is 0 Å². The lowest BCUT2D eigenvalue weighted by Crippen LogP contribution is -2.37. The van der Waals surface area contributed by atoms with Crippen LogP contribution in [0.4, 0.5) is 5.69 Å². The molecule has 0 saturated heterocycles. The second-order valence-electron chi connectivity index (χ2n) is 5.49. The summed E-state index contributed by atoms with van der Waals surface area (Å²) in [5, 5.41) is 3.26. The van der Waals surface area contributed by atoms with E-state index in [4.69, 9.17) is 0 Å². The van der Waals surface area contributed by atoms with Crippen molar-refractivity contribution in [3.63, 3.8) is 0 Å². The number of anilines is 1. The lowest BCUT2D eigenvalue weighted by Gasteiger charge is -2.24. The number of carbonyl (C=O) groups is 1. The van der Waals surface area contributed by atoms with Crippen LogP contribution in [0.5, 0.6) is 0 Å². The smallest absolute Gasteiger partial charge is 0.223 e. The highest BCUT2D eigenvalue weighted by Crippen LogP contribution is 2.21. The van der Waals surface area contributed by atoms with Crippen molar-refractivity contribution in [2.75, 3.05) is 37.3 Å². The normalized spacial score (nSPS) is 18.4. The summed E-state index contributed by atoms with van der Waals surface area (Å²) in [5.74, 6) is -0.0300. The lowest BCUT2D eigenvalue weighted by atomic mass is 10.1. The number of hydrogen-bond acceptors (Lipinski definition) is 4. The minimum Gasteiger partial charge on any atom is -0.312 e. The number of amides is 1. The molecule has 1 aromatic carbocycles. The molecule has 0 atom stereocenters. The Morgan fingerprint density at radius 1 is 1.18 bits per heavy atom. The Morgan fingerprint density at radius 3 is 2.59 bits per heavy atom. The molecule has 1 aromatic rings. The molecule has 0 aromatic heterocycles. The molecule has 0 aliphatic carbocycles. The molecule has 0 unspecified atom stereocenters. The quantitative estimate of drug-likeness (QED) is 0.829. The zero-order chi connectivity index (χ0) is 16.2. The van der Waals surface area contributed by atoms with Gasteiger partial charge in [0.1, 0.15) is 0 Å². The molecule has 1 aliphatic rings. The van der Waals surface area contributed by atoms with E-state index < -0.39 is 10.0 Å². The predicted molar refractivity (Wildman–Crippen MR) is 87.2 cm³/mol. The zero-order valence-electron chi connectivity index (χ0n) is 13.1. The molecular weight excluding hydrogens is 302 g/mol. The van der Waals surface area contributed by atoms with Gasteiger partial charge >= 0.3 is 0 Å². The van der Waals surface area contributed by atoms with Crippen LogP contribution in [-0.4, -0.2) is 51.1 Å². The van der Waals surface area contributed by atoms with Crippen LogP contribution < -0.4 is 10.2 Å². The van der Waals surface area contributed by atoms with E-state index in [1.807, 2.05) is 24.3 Å². The van der Waals surface area contributed by atoms with E-state index in [0.717, 1.165) is 11.3 Å². The number of benzene rings is 1. The maximum absolute atomic E-state index is 12.0. The van der Waals surface area contributed by atoms with Crippen LogP contribution >= 0.6 is 0 Å². The van der Waals surface area contributed by atoms with Crippen molar-refractivity contribution in [1.29, 1.82) is 0 Å². The molecular formula is C15H23N3O3S. The third kappa shape index (κ3) is 4.28. The molecule has 1 amide bonds. The van der Waals surface area contributed by atoms with E-state index in [9.17, 15) is 13.2 Å². The van der Waals surface area contributed by atoms with Crippen molar-refractivity contribution in [2.24, 2.45) is 0 Å². The monoisotopic (exact) mass is 325 g/mol. The summed E-state index contributed by atoms with van der Waals surface area (Å²) in [4.78, 5) is 13.7. The van der Waals surface area contributed by atoms with Crippen LogP contribution in [0.2, 0.25) is 0 Å². The van der Waals surface area contributed by atoms with Crippen molar-refractivity contribution < 1.29 is 13.2 Å². The highest BCUT2D eigenvalue weighted by Gasteiger charge is 2.20. The van der Waals surface area contributed by atoms with E-state index in [2.05, 4.69) is 5.32 Å². The molecule has 122 valence electrons. The Hall–Kier alpha value is -1.44. The van der Waals surface area contributed by atoms with E-state index >= 15 is 0 Å². The first kappa shape index (κ1) is 16.9. The molecule has 1 aliphatic heterocycles. The van der Waals surface area contributed by atoms with Gasteiger partial charge in [0.15, 0.2) is 0 Å². The summed E-state index contributed by atoms with van der Waals surface area (Å²) in [5.41, 5.74) is 1.95. The van der Waals surface area contributed by atoms with Crippen molar-refractivity contribution in [3.05, 3.63) is 29.8 Å². The standard InChI is InChI=1S/C15H23N3O3S/c1-13(19)18-10-5-9-17(22(2,20)21)11-8-16-12-14-6-3-4-7-15(14)18/h3-4,6-7,16H,5,8-12H2,1-2H3. The van der Waals surface area contributed by atoms with E-state index in [-0.39, 0.29) is 5.91 Å². The second kappa shape index (κ2) is 7.21. The first-order chi connectivity index (χ1) is 10.4. The van der Waals surface area contributed by atoms with Gasteiger partial charge in [-0.1, -0.05) is 18.2 Å². The van der Waals surface area contributed by atoms with Gasteiger partial charge in [-0.3, -0.25) is 4.79 Å². The van der Waals surface area contributed by atoms with Gasteiger partial charge in [-0.2, -0.15) is 0 Å². The topological polar surface area (TPSA) is 69.7 Å². The number of fused-ring (bicyclic) bond motifs is 1. The summed E-state index contributed by atoms with van der Waals surface area (Å²) in [6.07, 6.45) is 1.84. The molecule has 0 spiro atoms. The lowest BCUT2D eigenvalue weighted by molar-refractivity contribution is -0.116. The van der Waals surface area contributed by atoms with Gasteiger partial charge in [-0.15, -0.1) is 0 Å². The van der Waals surface area contributed by atoms with E-state index in [1.165, 1.54) is 17.5 Å². The number of rotatable bonds is 1. The molecule has 1 heterocycles. The van der Waals surface area contributed by atoms with Crippen molar-refractivity contribution in [1.82, 2.24) is 9.62 Å². The highest BCUT2D eigenvalue weighted by atomic mass is 32.2. The summed E-state index contributed by atoms with van der Waals surface area (Å²) in [6, 6.07) is 7.79. The van der Waals surface area contributed by atoms with Crippen LogP contribution in [0, 0.1) is 0 Å². The minimum atomic E-state index is -3.22. The second-order valence-corrected chi connectivity index (χ2v) is 7.47. The number of nitrogens with one attached hydrogen (secondary N) is 1. The Bertz CT molecular complexity index is 631. The maximum atomic E-state index is 12.0. The summed E-state index contributed by atoms with van der Waals surface area (Å²) in [7, 11) is -3.22. The SMILES string of the molecule is CC(=O)N1CCCN(S(C)(=O)=O)CCNCc2ccccc21.